The molecule has 0 radical (unpaired) electrons. The maximum absolute atomic E-state index is 11.9. The number of nitro groups is 1. The molecule has 1 aliphatic heterocycles. The largest absolute Gasteiger partial charge is 0.353 e. The number of piperidine rings is 1. The van der Waals surface area contributed by atoms with E-state index in [1.54, 1.807) is 12.1 Å². The summed E-state index contributed by atoms with van der Waals surface area (Å²) in [5.41, 5.74) is 2.40. The van der Waals surface area contributed by atoms with E-state index in [9.17, 15) is 18.5 Å². The Labute approximate surface area is 191 Å². The van der Waals surface area contributed by atoms with Gasteiger partial charge in [-0.2, -0.15) is 5.10 Å². The first-order valence-corrected chi connectivity index (χ1v) is 12.5. The number of nitrogens with one attached hydrogen (secondary N) is 2. The predicted octanol–water partition coefficient (Wildman–Crippen LogP) is 3.20. The van der Waals surface area contributed by atoms with Crippen LogP contribution in [0.15, 0.2) is 41.6 Å². The molecule has 0 saturated carbocycles. The Morgan fingerprint density at radius 1 is 1.21 bits per heavy atom. The van der Waals surface area contributed by atoms with Crippen LogP contribution in [0.3, 0.4) is 0 Å². The van der Waals surface area contributed by atoms with E-state index < -0.39 is 14.8 Å². The monoisotopic (exact) mass is 471 g/mol. The minimum Gasteiger partial charge on any atom is -0.351 e. The highest BCUT2D eigenvalue weighted by atomic mass is 32.2. The van der Waals surface area contributed by atoms with Crippen molar-refractivity contribution < 1.29 is 13.3 Å². The van der Waals surface area contributed by atoms with Crippen molar-refractivity contribution in [1.29, 1.82) is 0 Å². The van der Waals surface area contributed by atoms with Crippen molar-refractivity contribution in [3.05, 3.63) is 58.2 Å². The average Bonchev–Trinajstić information content (AvgIpc) is 3.28. The second-order valence-corrected chi connectivity index (χ2v) is 10.0. The normalized spacial score (nSPS) is 14.9. The molecule has 0 amide bonds. The van der Waals surface area contributed by atoms with E-state index in [2.05, 4.69) is 38.5 Å². The summed E-state index contributed by atoms with van der Waals surface area (Å²) in [4.78, 5) is 21.8. The number of nitrogens with zero attached hydrogens (tertiary/aromatic N) is 5. The summed E-state index contributed by atoms with van der Waals surface area (Å²) in [5, 5.41) is 22.3. The molecule has 0 atom stereocenters. The third kappa shape index (κ3) is 4.95. The first kappa shape index (κ1) is 22.6. The van der Waals surface area contributed by atoms with Crippen molar-refractivity contribution in [1.82, 2.24) is 20.2 Å². The molecule has 0 spiro atoms. The first-order valence-electron chi connectivity index (χ1n) is 10.6. The van der Waals surface area contributed by atoms with Gasteiger partial charge in [-0.25, -0.2) is 18.4 Å². The van der Waals surface area contributed by atoms with E-state index in [4.69, 9.17) is 0 Å². The van der Waals surface area contributed by atoms with Gasteiger partial charge in [-0.05, 0) is 49.6 Å². The van der Waals surface area contributed by atoms with Crippen LogP contribution in [0.5, 0.6) is 0 Å². The van der Waals surface area contributed by atoms with E-state index in [0.29, 0.717) is 24.7 Å². The highest BCUT2D eigenvalue weighted by Gasteiger charge is 2.31. The molecule has 4 rings (SSSR count). The molecule has 1 aromatic carbocycles. The Balaban J connectivity index is 1.54. The van der Waals surface area contributed by atoms with Crippen LogP contribution in [0.4, 0.5) is 23.0 Å². The maximum atomic E-state index is 11.9. The summed E-state index contributed by atoms with van der Waals surface area (Å²) < 4.78 is 23.3. The van der Waals surface area contributed by atoms with E-state index in [0.717, 1.165) is 36.9 Å². The van der Waals surface area contributed by atoms with E-state index >= 15 is 0 Å². The minimum absolute atomic E-state index is 0.0547. The summed E-state index contributed by atoms with van der Waals surface area (Å²) in [6.07, 6.45) is 4.93. The van der Waals surface area contributed by atoms with Gasteiger partial charge in [-0.1, -0.05) is 6.92 Å². The smallest absolute Gasteiger partial charge is 0.351 e. The predicted molar refractivity (Wildman–Crippen MR) is 124 cm³/mol. The van der Waals surface area contributed by atoms with Crippen LogP contribution >= 0.6 is 0 Å². The van der Waals surface area contributed by atoms with Crippen molar-refractivity contribution in [2.75, 3.05) is 29.6 Å². The van der Waals surface area contributed by atoms with Crippen molar-refractivity contribution in [2.24, 2.45) is 0 Å². The van der Waals surface area contributed by atoms with Gasteiger partial charge in [0.1, 0.15) is 6.33 Å². The van der Waals surface area contributed by atoms with E-state index in [-0.39, 0.29) is 22.2 Å². The molecule has 0 unspecified atom stereocenters. The average molecular weight is 472 g/mol. The maximum Gasteiger partial charge on any atom is 0.353 e. The van der Waals surface area contributed by atoms with Crippen LogP contribution in [0, 0.1) is 10.1 Å². The van der Waals surface area contributed by atoms with E-state index in [1.807, 2.05) is 4.90 Å². The van der Waals surface area contributed by atoms with Crippen LogP contribution in [0.1, 0.15) is 37.1 Å². The zero-order valence-electron chi connectivity index (χ0n) is 18.4. The Hall–Kier alpha value is -3.54. The SMILES string of the molecule is CCc1cc(C2CCN(c3ncnc(Nc4ccc(S(C)(=O)=O)cc4)c3[N+](=O)[O-])CC2)n[nH]1. The topological polar surface area (TPSA) is 147 Å². The van der Waals surface area contributed by atoms with Crippen LogP contribution in [-0.4, -0.2) is 52.9 Å². The summed E-state index contributed by atoms with van der Waals surface area (Å²) in [6, 6.07) is 8.05. The summed E-state index contributed by atoms with van der Waals surface area (Å²) in [7, 11) is -3.33. The number of sulfone groups is 1. The fraction of sp³-hybridized carbons (Fsp3) is 0.381. The van der Waals surface area contributed by atoms with Crippen LogP contribution < -0.4 is 10.2 Å². The number of aromatic amines is 1. The van der Waals surface area contributed by atoms with Gasteiger partial charge in [0.15, 0.2) is 9.84 Å². The van der Waals surface area contributed by atoms with Gasteiger partial charge in [0.05, 0.1) is 15.5 Å². The lowest BCUT2D eigenvalue weighted by molar-refractivity contribution is -0.383. The van der Waals surface area contributed by atoms with Crippen LogP contribution in [0.2, 0.25) is 0 Å². The van der Waals surface area contributed by atoms with Gasteiger partial charge >= 0.3 is 5.69 Å². The molecule has 2 N–H and O–H groups in total. The van der Waals surface area contributed by atoms with Gasteiger partial charge < -0.3 is 10.2 Å². The minimum atomic E-state index is -3.33. The van der Waals surface area contributed by atoms with Gasteiger partial charge in [0.25, 0.3) is 0 Å². The lowest BCUT2D eigenvalue weighted by Gasteiger charge is -2.31. The first-order chi connectivity index (χ1) is 15.8. The number of anilines is 3. The van der Waals surface area contributed by atoms with Crippen molar-refractivity contribution in [3.8, 4) is 0 Å². The van der Waals surface area contributed by atoms with Gasteiger partial charge in [0.2, 0.25) is 11.6 Å². The fourth-order valence-electron chi connectivity index (χ4n) is 3.94. The highest BCUT2D eigenvalue weighted by Crippen LogP contribution is 2.37. The number of hydrogen-bond acceptors (Lipinski definition) is 9. The molecule has 1 saturated heterocycles. The molecular weight excluding hydrogens is 446 g/mol. The number of hydrogen-bond donors (Lipinski definition) is 2. The third-order valence-corrected chi connectivity index (χ3v) is 6.90. The molecule has 3 heterocycles. The molecule has 33 heavy (non-hydrogen) atoms. The van der Waals surface area contributed by atoms with Gasteiger partial charge in [-0.15, -0.1) is 0 Å². The zero-order valence-corrected chi connectivity index (χ0v) is 19.2. The third-order valence-electron chi connectivity index (χ3n) is 5.78. The second kappa shape index (κ2) is 9.14. The van der Waals surface area contributed by atoms with E-state index in [1.165, 1.54) is 18.5 Å². The second-order valence-electron chi connectivity index (χ2n) is 8.01. The molecule has 2 aromatic heterocycles. The molecule has 11 nitrogen and oxygen atoms in total. The molecule has 1 fully saturated rings. The van der Waals surface area contributed by atoms with Crippen molar-refractivity contribution >= 4 is 32.8 Å². The Morgan fingerprint density at radius 2 is 1.91 bits per heavy atom. The molecular formula is C21H25N7O4S. The Kier molecular flexibility index (Phi) is 6.27. The summed E-state index contributed by atoms with van der Waals surface area (Å²) >= 11 is 0. The molecule has 0 aliphatic carbocycles. The number of benzene rings is 1. The summed E-state index contributed by atoms with van der Waals surface area (Å²) in [5.74, 6) is 0.615. The molecule has 174 valence electrons. The summed E-state index contributed by atoms with van der Waals surface area (Å²) in [6.45, 7) is 3.29. The Morgan fingerprint density at radius 3 is 2.48 bits per heavy atom. The van der Waals surface area contributed by atoms with Crippen LogP contribution in [0.25, 0.3) is 0 Å². The molecule has 1 aliphatic rings. The number of rotatable bonds is 7. The Bertz CT molecular complexity index is 1250. The van der Waals surface area contributed by atoms with Crippen molar-refractivity contribution in [3.63, 3.8) is 0 Å². The quantitative estimate of drug-likeness (QED) is 0.391. The van der Waals surface area contributed by atoms with Gasteiger partial charge in [-0.3, -0.25) is 15.2 Å². The molecule has 3 aromatic rings. The highest BCUT2D eigenvalue weighted by molar-refractivity contribution is 7.90. The number of aromatic nitrogens is 4. The fourth-order valence-corrected chi connectivity index (χ4v) is 4.57. The van der Waals surface area contributed by atoms with Crippen molar-refractivity contribution in [2.45, 2.75) is 37.0 Å². The number of aryl methyl sites for hydroxylation is 1. The molecule has 0 bridgehead atoms. The van der Waals surface area contributed by atoms with Crippen LogP contribution in [-0.2, 0) is 16.3 Å². The zero-order chi connectivity index (χ0) is 23.6. The lowest BCUT2D eigenvalue weighted by Crippen LogP contribution is -2.34. The number of H-pyrrole nitrogens is 1. The van der Waals surface area contributed by atoms with Gasteiger partial charge in [0, 0.05) is 36.6 Å². The lowest BCUT2D eigenvalue weighted by atomic mass is 9.93. The standard InChI is InChI=1S/C21H25N7O4S/c1-3-15-12-18(26-25-15)14-8-10-27(11-9-14)21-19(28(29)30)20(22-13-23-21)24-16-4-6-17(7-5-16)33(2,31)32/h4-7,12-14H,3,8-11H2,1-2H3,(H,25,26)(H,22,23,24). The molecule has 12 heteroatoms.